The topological polar surface area (TPSA) is 77.5 Å². The van der Waals surface area contributed by atoms with Crippen LogP contribution in [0.25, 0.3) is 10.9 Å². The summed E-state index contributed by atoms with van der Waals surface area (Å²) in [6.07, 6.45) is 0. The Balaban J connectivity index is 2.46. The number of rotatable bonds is 5. The van der Waals surface area contributed by atoms with Crippen LogP contribution in [0.5, 0.6) is 0 Å². The van der Waals surface area contributed by atoms with Crippen molar-refractivity contribution in [3.8, 4) is 0 Å². The fraction of sp³-hybridized carbons (Fsp3) is 0.312. The number of anilines is 1. The number of esters is 1. The Labute approximate surface area is 128 Å². The first-order valence-electron chi connectivity index (χ1n) is 6.92. The molecule has 0 unspecified atom stereocenters. The third kappa shape index (κ3) is 3.59. The Kier molecular flexibility index (Phi) is 5.06. The molecule has 22 heavy (non-hydrogen) atoms. The molecule has 0 spiro atoms. The second-order valence-electron chi connectivity index (χ2n) is 4.74. The van der Waals surface area contributed by atoms with E-state index in [1.54, 1.807) is 31.2 Å². The fourth-order valence-electron chi connectivity index (χ4n) is 2.12. The van der Waals surface area contributed by atoms with Crippen LogP contribution in [-0.2, 0) is 14.3 Å². The summed E-state index contributed by atoms with van der Waals surface area (Å²) in [7, 11) is 1.45. The number of ether oxygens (including phenoxy) is 2. The molecule has 0 aliphatic rings. The van der Waals surface area contributed by atoms with Crippen molar-refractivity contribution >= 4 is 28.5 Å². The average Bonchev–Trinajstić information content (AvgIpc) is 2.47. The van der Waals surface area contributed by atoms with Crippen LogP contribution in [0.4, 0.5) is 5.69 Å². The number of pyridine rings is 1. The summed E-state index contributed by atoms with van der Waals surface area (Å²) in [4.78, 5) is 28.0. The van der Waals surface area contributed by atoms with Crippen molar-refractivity contribution in [2.45, 2.75) is 13.8 Å². The molecule has 1 aromatic heterocycles. The summed E-state index contributed by atoms with van der Waals surface area (Å²) in [6.45, 7) is 3.85. The zero-order valence-corrected chi connectivity index (χ0v) is 12.8. The van der Waals surface area contributed by atoms with Gasteiger partial charge in [0.2, 0.25) is 5.91 Å². The first kappa shape index (κ1) is 15.9. The minimum atomic E-state index is -0.404. The van der Waals surface area contributed by atoms with Crippen LogP contribution >= 0.6 is 0 Å². The van der Waals surface area contributed by atoms with Crippen LogP contribution in [0.3, 0.4) is 0 Å². The molecular formula is C16H18N2O4. The van der Waals surface area contributed by atoms with E-state index in [1.807, 2.05) is 6.92 Å². The third-order valence-corrected chi connectivity index (χ3v) is 3.00. The summed E-state index contributed by atoms with van der Waals surface area (Å²) >= 11 is 0. The van der Waals surface area contributed by atoms with Gasteiger partial charge in [0, 0.05) is 18.2 Å². The van der Waals surface area contributed by atoms with Crippen molar-refractivity contribution in [2.75, 3.05) is 25.6 Å². The molecule has 6 heteroatoms. The number of nitrogens with zero attached hydrogens (tertiary/aromatic N) is 1. The monoisotopic (exact) mass is 302 g/mol. The van der Waals surface area contributed by atoms with E-state index in [4.69, 9.17) is 9.47 Å². The molecule has 6 nitrogen and oxygen atoms in total. The van der Waals surface area contributed by atoms with Crippen LogP contribution in [-0.4, -0.2) is 37.2 Å². The second-order valence-corrected chi connectivity index (χ2v) is 4.74. The van der Waals surface area contributed by atoms with E-state index >= 15 is 0 Å². The molecule has 0 saturated carbocycles. The number of hydrogen-bond acceptors (Lipinski definition) is 5. The van der Waals surface area contributed by atoms with Gasteiger partial charge >= 0.3 is 5.97 Å². The number of amides is 1. The van der Waals surface area contributed by atoms with E-state index in [1.165, 1.54) is 7.11 Å². The highest BCUT2D eigenvalue weighted by atomic mass is 16.5. The molecule has 0 aliphatic carbocycles. The number of nitrogens with one attached hydrogen (secondary N) is 1. The summed E-state index contributed by atoms with van der Waals surface area (Å²) in [5.74, 6) is -0.671. The molecule has 1 N–H and O–H groups in total. The maximum atomic E-state index is 11.8. The Morgan fingerprint density at radius 3 is 2.73 bits per heavy atom. The standard InChI is InChI=1S/C16H18N2O4/c1-4-22-16(20)11-5-6-13-12(8-11)14(7-10(2)17-13)18-15(19)9-21-3/h5-8H,4,9H2,1-3H3,(H,17,18,19). The van der Waals surface area contributed by atoms with Gasteiger partial charge in [0.05, 0.1) is 23.4 Å². The van der Waals surface area contributed by atoms with Crippen molar-refractivity contribution in [2.24, 2.45) is 0 Å². The van der Waals surface area contributed by atoms with Gasteiger partial charge in [-0.2, -0.15) is 0 Å². The van der Waals surface area contributed by atoms with E-state index < -0.39 is 5.97 Å². The van der Waals surface area contributed by atoms with E-state index in [2.05, 4.69) is 10.3 Å². The average molecular weight is 302 g/mol. The maximum absolute atomic E-state index is 11.8. The van der Waals surface area contributed by atoms with Crippen molar-refractivity contribution < 1.29 is 19.1 Å². The zero-order valence-electron chi connectivity index (χ0n) is 12.8. The molecular weight excluding hydrogens is 284 g/mol. The lowest BCUT2D eigenvalue weighted by Crippen LogP contribution is -2.17. The van der Waals surface area contributed by atoms with Crippen molar-refractivity contribution in [1.29, 1.82) is 0 Å². The number of hydrogen-bond donors (Lipinski definition) is 1. The van der Waals surface area contributed by atoms with Gasteiger partial charge in [0.15, 0.2) is 0 Å². The molecule has 0 radical (unpaired) electrons. The fourth-order valence-corrected chi connectivity index (χ4v) is 2.12. The highest BCUT2D eigenvalue weighted by Crippen LogP contribution is 2.25. The minimum Gasteiger partial charge on any atom is -0.462 e. The van der Waals surface area contributed by atoms with Gasteiger partial charge in [-0.05, 0) is 38.1 Å². The first-order valence-corrected chi connectivity index (χ1v) is 6.92. The lowest BCUT2D eigenvalue weighted by atomic mass is 10.1. The van der Waals surface area contributed by atoms with Crippen LogP contribution in [0.1, 0.15) is 23.0 Å². The van der Waals surface area contributed by atoms with Crippen molar-refractivity contribution in [1.82, 2.24) is 4.98 Å². The molecule has 0 aliphatic heterocycles. The highest BCUT2D eigenvalue weighted by Gasteiger charge is 2.12. The third-order valence-electron chi connectivity index (χ3n) is 3.00. The number of fused-ring (bicyclic) bond motifs is 1. The molecule has 116 valence electrons. The molecule has 1 amide bonds. The predicted octanol–water partition coefficient (Wildman–Crippen LogP) is 2.30. The van der Waals surface area contributed by atoms with Crippen LogP contribution in [0, 0.1) is 6.92 Å². The molecule has 0 saturated heterocycles. The van der Waals surface area contributed by atoms with Gasteiger partial charge in [-0.3, -0.25) is 9.78 Å². The summed E-state index contributed by atoms with van der Waals surface area (Å²) < 4.78 is 9.80. The van der Waals surface area contributed by atoms with Crippen molar-refractivity contribution in [3.63, 3.8) is 0 Å². The molecule has 1 heterocycles. The predicted molar refractivity (Wildman–Crippen MR) is 82.9 cm³/mol. The summed E-state index contributed by atoms with van der Waals surface area (Å²) in [5, 5.41) is 3.45. The SMILES string of the molecule is CCOC(=O)c1ccc2nc(C)cc(NC(=O)COC)c2c1. The molecule has 0 bridgehead atoms. The zero-order chi connectivity index (χ0) is 16.1. The van der Waals surface area contributed by atoms with Crippen molar-refractivity contribution in [3.05, 3.63) is 35.5 Å². The molecule has 0 atom stereocenters. The Hall–Kier alpha value is -2.47. The summed E-state index contributed by atoms with van der Waals surface area (Å²) in [6, 6.07) is 6.82. The molecule has 1 aromatic carbocycles. The quantitative estimate of drug-likeness (QED) is 0.858. The number of methoxy groups -OCH3 is 1. The molecule has 2 aromatic rings. The normalized spacial score (nSPS) is 10.5. The Morgan fingerprint density at radius 1 is 1.27 bits per heavy atom. The number of aryl methyl sites for hydroxylation is 1. The number of carbonyl (C=O) groups is 2. The largest absolute Gasteiger partial charge is 0.462 e. The van der Waals surface area contributed by atoms with Crippen LogP contribution < -0.4 is 5.32 Å². The van der Waals surface area contributed by atoms with E-state index in [-0.39, 0.29) is 12.5 Å². The van der Waals surface area contributed by atoms with Gasteiger partial charge in [0.1, 0.15) is 6.61 Å². The number of carbonyl (C=O) groups excluding carboxylic acids is 2. The van der Waals surface area contributed by atoms with E-state index in [0.717, 1.165) is 5.69 Å². The van der Waals surface area contributed by atoms with Gasteiger partial charge in [0.25, 0.3) is 0 Å². The Bertz CT molecular complexity index is 713. The van der Waals surface area contributed by atoms with Crippen LogP contribution in [0.2, 0.25) is 0 Å². The van der Waals surface area contributed by atoms with Gasteiger partial charge in [-0.25, -0.2) is 4.79 Å². The lowest BCUT2D eigenvalue weighted by Gasteiger charge is -2.11. The summed E-state index contributed by atoms with van der Waals surface area (Å²) in [5.41, 5.74) is 2.47. The van der Waals surface area contributed by atoms with Gasteiger partial charge in [-0.1, -0.05) is 0 Å². The maximum Gasteiger partial charge on any atom is 0.338 e. The Morgan fingerprint density at radius 2 is 2.05 bits per heavy atom. The molecule has 2 rings (SSSR count). The highest BCUT2D eigenvalue weighted by molar-refractivity contribution is 6.04. The van der Waals surface area contributed by atoms with Gasteiger partial charge in [-0.15, -0.1) is 0 Å². The molecule has 0 fully saturated rings. The van der Waals surface area contributed by atoms with Gasteiger partial charge < -0.3 is 14.8 Å². The lowest BCUT2D eigenvalue weighted by molar-refractivity contribution is -0.119. The number of benzene rings is 1. The van der Waals surface area contributed by atoms with E-state index in [9.17, 15) is 9.59 Å². The number of aromatic nitrogens is 1. The first-order chi connectivity index (χ1) is 10.5. The minimum absolute atomic E-state index is 0.0412. The second kappa shape index (κ2) is 7.00. The van der Waals surface area contributed by atoms with Crippen LogP contribution in [0.15, 0.2) is 24.3 Å². The smallest absolute Gasteiger partial charge is 0.338 e. The van der Waals surface area contributed by atoms with E-state index in [0.29, 0.717) is 28.8 Å².